The van der Waals surface area contributed by atoms with E-state index in [-0.39, 0.29) is 29.5 Å². The van der Waals surface area contributed by atoms with E-state index in [9.17, 15) is 19.7 Å². The number of aromatic amines is 1. The second kappa shape index (κ2) is 5.79. The lowest BCUT2D eigenvalue weighted by molar-refractivity contribution is -0.386. The van der Waals surface area contributed by atoms with Crippen LogP contribution in [-0.2, 0) is 6.54 Å². The Bertz CT molecular complexity index is 829. The highest BCUT2D eigenvalue weighted by atomic mass is 16.6. The Balaban J connectivity index is 2.38. The molecule has 23 heavy (non-hydrogen) atoms. The number of aromatic nitrogens is 3. The van der Waals surface area contributed by atoms with Gasteiger partial charge in [0.15, 0.2) is 5.78 Å². The van der Waals surface area contributed by atoms with Gasteiger partial charge < -0.3 is 4.98 Å². The largest absolute Gasteiger partial charge is 0.355 e. The number of carbonyl (C=O) groups excluding carboxylic acids is 2. The molecule has 0 saturated carbocycles. The molecule has 2 aromatic heterocycles. The summed E-state index contributed by atoms with van der Waals surface area (Å²) in [4.78, 5) is 37.6. The van der Waals surface area contributed by atoms with E-state index in [1.54, 1.807) is 20.8 Å². The number of Topliss-reactive ketones (excluding diaryl/α,β-unsaturated/α-hetero) is 2. The van der Waals surface area contributed by atoms with Crippen molar-refractivity contribution in [2.75, 3.05) is 0 Å². The molecule has 8 heteroatoms. The summed E-state index contributed by atoms with van der Waals surface area (Å²) >= 11 is 0. The van der Waals surface area contributed by atoms with Crippen LogP contribution in [0.2, 0.25) is 0 Å². The summed E-state index contributed by atoms with van der Waals surface area (Å²) in [7, 11) is 0. The highest BCUT2D eigenvalue weighted by Crippen LogP contribution is 2.23. The van der Waals surface area contributed by atoms with E-state index in [4.69, 9.17) is 0 Å². The van der Waals surface area contributed by atoms with Crippen molar-refractivity contribution in [1.82, 2.24) is 14.8 Å². The zero-order chi connectivity index (χ0) is 17.5. The minimum atomic E-state index is -0.503. The zero-order valence-corrected chi connectivity index (χ0v) is 13.7. The predicted molar refractivity (Wildman–Crippen MR) is 83.0 cm³/mol. The number of H-pyrrole nitrogens is 1. The first-order valence-electron chi connectivity index (χ1n) is 7.06. The maximum absolute atomic E-state index is 12.5. The van der Waals surface area contributed by atoms with E-state index in [2.05, 4.69) is 10.1 Å². The molecular weight excluding hydrogens is 300 g/mol. The molecule has 0 aliphatic carbocycles. The van der Waals surface area contributed by atoms with Crippen molar-refractivity contribution in [2.45, 2.75) is 41.2 Å². The number of hydrogen-bond donors (Lipinski definition) is 1. The van der Waals surface area contributed by atoms with Crippen molar-refractivity contribution in [3.8, 4) is 0 Å². The number of carbonyl (C=O) groups is 2. The number of nitrogens with one attached hydrogen (secondary N) is 1. The summed E-state index contributed by atoms with van der Waals surface area (Å²) in [6, 6.07) is 0. The van der Waals surface area contributed by atoms with Crippen molar-refractivity contribution in [2.24, 2.45) is 0 Å². The van der Waals surface area contributed by atoms with Gasteiger partial charge in [-0.2, -0.15) is 5.10 Å². The van der Waals surface area contributed by atoms with Crippen LogP contribution in [0.5, 0.6) is 0 Å². The minimum Gasteiger partial charge on any atom is -0.355 e. The number of nitro groups is 1. The lowest BCUT2D eigenvalue weighted by Crippen LogP contribution is -2.14. The summed E-state index contributed by atoms with van der Waals surface area (Å²) in [6.07, 6.45) is 0. The lowest BCUT2D eigenvalue weighted by Gasteiger charge is -2.03. The van der Waals surface area contributed by atoms with E-state index >= 15 is 0 Å². The van der Waals surface area contributed by atoms with Gasteiger partial charge in [-0.05, 0) is 40.2 Å². The maximum atomic E-state index is 12.5. The minimum absolute atomic E-state index is 0.0818. The zero-order valence-electron chi connectivity index (χ0n) is 13.7. The SMILES string of the molecule is CC(=O)c1c(C)[nH]c(C(=O)Cn2nc(C)c([N+](=O)[O-])c2C)c1C. The Hall–Kier alpha value is -2.77. The number of ketones is 2. The van der Waals surface area contributed by atoms with Crippen molar-refractivity contribution in [3.05, 3.63) is 44.0 Å². The van der Waals surface area contributed by atoms with Gasteiger partial charge in [0, 0.05) is 11.3 Å². The first-order valence-corrected chi connectivity index (χ1v) is 7.06. The van der Waals surface area contributed by atoms with Crippen LogP contribution >= 0.6 is 0 Å². The van der Waals surface area contributed by atoms with Gasteiger partial charge in [0.1, 0.15) is 17.9 Å². The third-order valence-electron chi connectivity index (χ3n) is 3.89. The molecule has 2 aromatic rings. The topological polar surface area (TPSA) is 111 Å². The Morgan fingerprint density at radius 1 is 1.26 bits per heavy atom. The van der Waals surface area contributed by atoms with Crippen LogP contribution in [0, 0.1) is 37.8 Å². The van der Waals surface area contributed by atoms with E-state index in [1.807, 2.05) is 0 Å². The van der Waals surface area contributed by atoms with Crippen LogP contribution in [0.15, 0.2) is 0 Å². The molecule has 0 saturated heterocycles. The molecule has 122 valence electrons. The highest BCUT2D eigenvalue weighted by molar-refractivity contribution is 6.03. The van der Waals surface area contributed by atoms with Gasteiger partial charge in [0.25, 0.3) is 0 Å². The third kappa shape index (κ3) is 2.79. The van der Waals surface area contributed by atoms with Crippen LogP contribution in [0.25, 0.3) is 0 Å². The number of nitrogens with zero attached hydrogens (tertiary/aromatic N) is 3. The summed E-state index contributed by atoms with van der Waals surface area (Å²) < 4.78 is 1.32. The monoisotopic (exact) mass is 318 g/mol. The first-order chi connectivity index (χ1) is 10.6. The van der Waals surface area contributed by atoms with E-state index < -0.39 is 4.92 Å². The van der Waals surface area contributed by atoms with Gasteiger partial charge >= 0.3 is 5.69 Å². The standard InChI is InChI=1S/C15H18N4O4/c1-7-13(11(5)20)8(2)16-14(7)12(21)6-18-10(4)15(19(22)23)9(3)17-18/h16H,6H2,1-5H3. The summed E-state index contributed by atoms with van der Waals surface area (Å²) in [5, 5.41) is 15.1. The second-order valence-electron chi connectivity index (χ2n) is 5.54. The van der Waals surface area contributed by atoms with Crippen molar-refractivity contribution < 1.29 is 14.5 Å². The smallest absolute Gasteiger partial charge is 0.312 e. The molecule has 0 atom stereocenters. The molecule has 0 aliphatic rings. The summed E-state index contributed by atoms with van der Waals surface area (Å²) in [5.41, 5.74) is 2.59. The molecular formula is C15H18N4O4. The molecule has 0 aromatic carbocycles. The lowest BCUT2D eigenvalue weighted by atomic mass is 10.1. The predicted octanol–water partition coefficient (Wildman–Crippen LogP) is 2.44. The third-order valence-corrected chi connectivity index (χ3v) is 3.89. The fraction of sp³-hybridized carbons (Fsp3) is 0.400. The van der Waals surface area contributed by atoms with Crippen molar-refractivity contribution in [1.29, 1.82) is 0 Å². The average molecular weight is 318 g/mol. The Labute approximate surface area is 132 Å². The average Bonchev–Trinajstić information content (AvgIpc) is 2.86. The van der Waals surface area contributed by atoms with Crippen molar-refractivity contribution >= 4 is 17.3 Å². The van der Waals surface area contributed by atoms with Crippen LogP contribution in [0.3, 0.4) is 0 Å². The number of aryl methyl sites for hydroxylation is 2. The van der Waals surface area contributed by atoms with Crippen LogP contribution in [0.4, 0.5) is 5.69 Å². The second-order valence-corrected chi connectivity index (χ2v) is 5.54. The Morgan fingerprint density at radius 3 is 2.30 bits per heavy atom. The van der Waals surface area contributed by atoms with E-state index in [0.717, 1.165) is 0 Å². The molecule has 0 spiro atoms. The van der Waals surface area contributed by atoms with Gasteiger partial charge in [0.2, 0.25) is 5.78 Å². The molecule has 0 aliphatic heterocycles. The molecule has 0 fully saturated rings. The molecule has 0 amide bonds. The fourth-order valence-corrected chi connectivity index (χ4v) is 2.88. The molecule has 2 rings (SSSR count). The molecule has 1 N–H and O–H groups in total. The van der Waals surface area contributed by atoms with Gasteiger partial charge in [0.05, 0.1) is 10.6 Å². The van der Waals surface area contributed by atoms with Gasteiger partial charge in [-0.1, -0.05) is 0 Å². The van der Waals surface area contributed by atoms with Gasteiger partial charge in [-0.25, -0.2) is 0 Å². The van der Waals surface area contributed by atoms with Crippen LogP contribution in [0.1, 0.15) is 50.4 Å². The van der Waals surface area contributed by atoms with E-state index in [0.29, 0.717) is 28.2 Å². The molecule has 2 heterocycles. The Kier molecular flexibility index (Phi) is 4.18. The molecule has 8 nitrogen and oxygen atoms in total. The van der Waals surface area contributed by atoms with Gasteiger partial charge in [-0.15, -0.1) is 0 Å². The Morgan fingerprint density at radius 2 is 1.87 bits per heavy atom. The molecule has 0 unspecified atom stereocenters. The van der Waals surface area contributed by atoms with Gasteiger partial charge in [-0.3, -0.25) is 24.4 Å². The molecule has 0 radical (unpaired) electrons. The van der Waals surface area contributed by atoms with Crippen LogP contribution < -0.4 is 0 Å². The van der Waals surface area contributed by atoms with Crippen molar-refractivity contribution in [3.63, 3.8) is 0 Å². The summed E-state index contributed by atoms with van der Waals surface area (Å²) in [5.74, 6) is -0.393. The number of hydrogen-bond acceptors (Lipinski definition) is 5. The first kappa shape index (κ1) is 16.6. The fourth-order valence-electron chi connectivity index (χ4n) is 2.88. The maximum Gasteiger partial charge on any atom is 0.312 e. The van der Waals surface area contributed by atoms with Crippen LogP contribution in [-0.4, -0.2) is 31.3 Å². The highest BCUT2D eigenvalue weighted by Gasteiger charge is 2.25. The quantitative estimate of drug-likeness (QED) is 0.517. The molecule has 0 bridgehead atoms. The summed E-state index contributed by atoms with van der Waals surface area (Å²) in [6.45, 7) is 7.84. The number of rotatable bonds is 5. The normalized spacial score (nSPS) is 10.8. The van der Waals surface area contributed by atoms with E-state index in [1.165, 1.54) is 18.5 Å².